The third-order valence-electron chi connectivity index (χ3n) is 3.18. The molecular weight excluding hydrogens is 228 g/mol. The topological polar surface area (TPSA) is 35.5 Å². The SMILES string of the molecule is CC(C)(C)[C@H]1CCO[C@@H](C(=O)c2ccccc2)O1. The smallest absolute Gasteiger partial charge is 0.222 e. The predicted molar refractivity (Wildman–Crippen MR) is 69.5 cm³/mol. The highest BCUT2D eigenvalue weighted by Gasteiger charge is 2.35. The van der Waals surface area contributed by atoms with Crippen LogP contribution in [0.25, 0.3) is 0 Å². The molecule has 0 aromatic heterocycles. The molecule has 1 fully saturated rings. The van der Waals surface area contributed by atoms with E-state index in [0.29, 0.717) is 12.2 Å². The lowest BCUT2D eigenvalue weighted by molar-refractivity contribution is -0.209. The van der Waals surface area contributed by atoms with Gasteiger partial charge in [0.2, 0.25) is 12.1 Å². The van der Waals surface area contributed by atoms with E-state index in [9.17, 15) is 4.79 Å². The minimum absolute atomic E-state index is 0.0268. The van der Waals surface area contributed by atoms with E-state index in [2.05, 4.69) is 20.8 Å². The average Bonchev–Trinajstić information content (AvgIpc) is 2.38. The molecule has 1 aliphatic rings. The van der Waals surface area contributed by atoms with Gasteiger partial charge in [0.15, 0.2) is 0 Å². The largest absolute Gasteiger partial charge is 0.346 e. The lowest BCUT2D eigenvalue weighted by Gasteiger charge is -2.37. The van der Waals surface area contributed by atoms with Crippen molar-refractivity contribution in [2.24, 2.45) is 5.41 Å². The Bertz CT molecular complexity index is 405. The Balaban J connectivity index is 2.08. The Morgan fingerprint density at radius 2 is 1.89 bits per heavy atom. The number of benzene rings is 1. The van der Waals surface area contributed by atoms with Gasteiger partial charge in [0.1, 0.15) is 0 Å². The molecule has 2 rings (SSSR count). The van der Waals surface area contributed by atoms with E-state index in [0.717, 1.165) is 6.42 Å². The summed E-state index contributed by atoms with van der Waals surface area (Å²) in [5.74, 6) is -0.0930. The molecule has 3 heteroatoms. The minimum Gasteiger partial charge on any atom is -0.346 e. The molecular formula is C15H20O3. The van der Waals surface area contributed by atoms with Crippen LogP contribution in [-0.4, -0.2) is 24.8 Å². The lowest BCUT2D eigenvalue weighted by Crippen LogP contribution is -2.43. The molecule has 0 N–H and O–H groups in total. The molecule has 2 atom stereocenters. The van der Waals surface area contributed by atoms with Crippen molar-refractivity contribution < 1.29 is 14.3 Å². The summed E-state index contributed by atoms with van der Waals surface area (Å²) in [5, 5.41) is 0. The van der Waals surface area contributed by atoms with Crippen molar-refractivity contribution in [3.05, 3.63) is 35.9 Å². The maximum atomic E-state index is 12.2. The first-order valence-electron chi connectivity index (χ1n) is 6.35. The Labute approximate surface area is 108 Å². The molecule has 1 aliphatic heterocycles. The van der Waals surface area contributed by atoms with E-state index >= 15 is 0 Å². The molecule has 0 spiro atoms. The van der Waals surface area contributed by atoms with Crippen LogP contribution in [-0.2, 0) is 9.47 Å². The molecule has 0 aliphatic carbocycles. The predicted octanol–water partition coefficient (Wildman–Crippen LogP) is 3.05. The first-order chi connectivity index (χ1) is 8.48. The van der Waals surface area contributed by atoms with Gasteiger partial charge >= 0.3 is 0 Å². The van der Waals surface area contributed by atoms with Crippen LogP contribution in [0.15, 0.2) is 30.3 Å². The summed E-state index contributed by atoms with van der Waals surface area (Å²) in [5.41, 5.74) is 0.663. The molecule has 0 unspecified atom stereocenters. The van der Waals surface area contributed by atoms with Crippen LogP contribution < -0.4 is 0 Å². The van der Waals surface area contributed by atoms with Gasteiger partial charge in [-0.2, -0.15) is 0 Å². The van der Waals surface area contributed by atoms with Crippen molar-refractivity contribution in [1.82, 2.24) is 0 Å². The van der Waals surface area contributed by atoms with Crippen molar-refractivity contribution in [3.63, 3.8) is 0 Å². The van der Waals surface area contributed by atoms with Crippen LogP contribution >= 0.6 is 0 Å². The third kappa shape index (κ3) is 2.98. The highest BCUT2D eigenvalue weighted by molar-refractivity contribution is 5.98. The van der Waals surface area contributed by atoms with Crippen molar-refractivity contribution >= 4 is 5.78 Å². The Morgan fingerprint density at radius 3 is 2.50 bits per heavy atom. The van der Waals surface area contributed by atoms with E-state index in [1.807, 2.05) is 18.2 Å². The monoisotopic (exact) mass is 248 g/mol. The van der Waals surface area contributed by atoms with Crippen LogP contribution in [0, 0.1) is 5.41 Å². The van der Waals surface area contributed by atoms with Gasteiger partial charge < -0.3 is 9.47 Å². The first kappa shape index (κ1) is 13.2. The van der Waals surface area contributed by atoms with Gasteiger partial charge in [-0.15, -0.1) is 0 Å². The summed E-state index contributed by atoms with van der Waals surface area (Å²) in [6.45, 7) is 6.93. The summed E-state index contributed by atoms with van der Waals surface area (Å²) in [7, 11) is 0. The molecule has 1 heterocycles. The molecule has 98 valence electrons. The Morgan fingerprint density at radius 1 is 1.22 bits per heavy atom. The van der Waals surface area contributed by atoms with Gasteiger partial charge in [-0.3, -0.25) is 4.79 Å². The van der Waals surface area contributed by atoms with Crippen molar-refractivity contribution in [3.8, 4) is 0 Å². The van der Waals surface area contributed by atoms with Crippen molar-refractivity contribution in [2.75, 3.05) is 6.61 Å². The standard InChI is InChI=1S/C15H20O3/c1-15(2,3)12-9-10-17-14(18-12)13(16)11-7-5-4-6-8-11/h4-8,12,14H,9-10H2,1-3H3/t12-,14-/m1/s1. The summed E-state index contributed by atoms with van der Waals surface area (Å²) >= 11 is 0. The Hall–Kier alpha value is -1.19. The number of ether oxygens (including phenoxy) is 2. The molecule has 18 heavy (non-hydrogen) atoms. The zero-order chi connectivity index (χ0) is 13.2. The maximum absolute atomic E-state index is 12.2. The number of rotatable bonds is 2. The molecule has 1 saturated heterocycles. The van der Waals surface area contributed by atoms with E-state index in [4.69, 9.17) is 9.47 Å². The van der Waals surface area contributed by atoms with Crippen LogP contribution in [0.5, 0.6) is 0 Å². The van der Waals surface area contributed by atoms with E-state index in [1.165, 1.54) is 0 Å². The number of hydrogen-bond acceptors (Lipinski definition) is 3. The quantitative estimate of drug-likeness (QED) is 0.755. The van der Waals surface area contributed by atoms with Crippen LogP contribution in [0.4, 0.5) is 0 Å². The zero-order valence-electron chi connectivity index (χ0n) is 11.2. The summed E-state index contributed by atoms with van der Waals surface area (Å²) < 4.78 is 11.2. The highest BCUT2D eigenvalue weighted by Crippen LogP contribution is 2.29. The summed E-state index contributed by atoms with van der Waals surface area (Å²) in [4.78, 5) is 12.2. The molecule has 0 amide bonds. The number of hydrogen-bond donors (Lipinski definition) is 0. The third-order valence-corrected chi connectivity index (χ3v) is 3.18. The fourth-order valence-corrected chi connectivity index (χ4v) is 2.05. The molecule has 1 aromatic rings. The van der Waals surface area contributed by atoms with E-state index in [1.54, 1.807) is 12.1 Å². The van der Waals surface area contributed by atoms with Crippen LogP contribution in [0.1, 0.15) is 37.6 Å². The second kappa shape index (κ2) is 5.21. The van der Waals surface area contributed by atoms with Gasteiger partial charge in [-0.1, -0.05) is 51.1 Å². The van der Waals surface area contributed by atoms with E-state index in [-0.39, 0.29) is 17.3 Å². The summed E-state index contributed by atoms with van der Waals surface area (Å²) in [6.07, 6.45) is 0.136. The second-order valence-electron chi connectivity index (χ2n) is 5.71. The van der Waals surface area contributed by atoms with E-state index < -0.39 is 6.29 Å². The number of carbonyl (C=O) groups is 1. The zero-order valence-corrected chi connectivity index (χ0v) is 11.2. The first-order valence-corrected chi connectivity index (χ1v) is 6.35. The number of carbonyl (C=O) groups excluding carboxylic acids is 1. The fourth-order valence-electron chi connectivity index (χ4n) is 2.05. The van der Waals surface area contributed by atoms with Crippen molar-refractivity contribution in [1.29, 1.82) is 0 Å². The average molecular weight is 248 g/mol. The van der Waals surface area contributed by atoms with Gasteiger partial charge in [0.25, 0.3) is 0 Å². The second-order valence-corrected chi connectivity index (χ2v) is 5.71. The highest BCUT2D eigenvalue weighted by atomic mass is 16.7. The van der Waals surface area contributed by atoms with Gasteiger partial charge in [0.05, 0.1) is 12.7 Å². The molecule has 3 nitrogen and oxygen atoms in total. The van der Waals surface area contributed by atoms with Crippen molar-refractivity contribution in [2.45, 2.75) is 39.6 Å². The molecule has 1 aromatic carbocycles. The molecule has 0 bridgehead atoms. The van der Waals surface area contributed by atoms with Crippen LogP contribution in [0.3, 0.4) is 0 Å². The number of ketones is 1. The minimum atomic E-state index is -0.759. The molecule has 0 radical (unpaired) electrons. The molecule has 0 saturated carbocycles. The van der Waals surface area contributed by atoms with Crippen LogP contribution in [0.2, 0.25) is 0 Å². The van der Waals surface area contributed by atoms with Gasteiger partial charge in [0, 0.05) is 5.56 Å². The lowest BCUT2D eigenvalue weighted by atomic mass is 9.87. The fraction of sp³-hybridized carbons (Fsp3) is 0.533. The van der Waals surface area contributed by atoms with Gasteiger partial charge in [-0.25, -0.2) is 0 Å². The number of Topliss-reactive ketones (excluding diaryl/α,β-unsaturated/α-hetero) is 1. The summed E-state index contributed by atoms with van der Waals surface area (Å²) in [6, 6.07) is 9.15. The normalized spacial score (nSPS) is 24.8. The van der Waals surface area contributed by atoms with Gasteiger partial charge in [-0.05, 0) is 11.8 Å². The maximum Gasteiger partial charge on any atom is 0.222 e. The Kier molecular flexibility index (Phi) is 3.83.